The van der Waals surface area contributed by atoms with Gasteiger partial charge in [-0.25, -0.2) is 0 Å². The fraction of sp³-hybridized carbons (Fsp3) is 0.625. The van der Waals surface area contributed by atoms with Gasteiger partial charge in [0.15, 0.2) is 0 Å². The predicted octanol–water partition coefficient (Wildman–Crippen LogP) is 3.03. The highest BCUT2D eigenvalue weighted by molar-refractivity contribution is 7.83. The van der Waals surface area contributed by atoms with Gasteiger partial charge in [0.25, 0.3) is 0 Å². The standard InChI is InChI=1S/C16H25NO5S/c1-2-3-10-17(23(20,21)22)13-6-4-12(5-7-13)15-9-8-14(18)11-16(15)19/h8-9,11-13,18-19H,2-7,10H2,1H3,(H,20,21,22). The second kappa shape index (κ2) is 7.51. The first-order valence-electron chi connectivity index (χ1n) is 8.09. The smallest absolute Gasteiger partial charge is 0.336 e. The van der Waals surface area contributed by atoms with Crippen LogP contribution in [0.1, 0.15) is 56.9 Å². The molecule has 0 unspecified atom stereocenters. The second-order valence-electron chi connectivity index (χ2n) is 6.19. The third kappa shape index (κ3) is 4.59. The molecule has 1 fully saturated rings. The number of rotatable bonds is 6. The third-order valence-electron chi connectivity index (χ3n) is 4.59. The van der Waals surface area contributed by atoms with Crippen molar-refractivity contribution >= 4 is 10.3 Å². The summed E-state index contributed by atoms with van der Waals surface area (Å²) in [5.74, 6) is 0.240. The highest BCUT2D eigenvalue weighted by atomic mass is 32.2. The molecule has 1 aliphatic rings. The van der Waals surface area contributed by atoms with E-state index < -0.39 is 10.3 Å². The number of hydrogen-bond donors (Lipinski definition) is 3. The van der Waals surface area contributed by atoms with Crippen molar-refractivity contribution in [2.24, 2.45) is 0 Å². The Hall–Kier alpha value is -1.31. The maximum absolute atomic E-state index is 11.6. The van der Waals surface area contributed by atoms with Gasteiger partial charge in [-0.15, -0.1) is 0 Å². The zero-order chi connectivity index (χ0) is 17.0. The summed E-state index contributed by atoms with van der Waals surface area (Å²) in [6.07, 6.45) is 4.35. The van der Waals surface area contributed by atoms with Gasteiger partial charge in [0.2, 0.25) is 0 Å². The molecule has 3 N–H and O–H groups in total. The topological polar surface area (TPSA) is 98.1 Å². The Morgan fingerprint density at radius 2 is 1.83 bits per heavy atom. The summed E-state index contributed by atoms with van der Waals surface area (Å²) in [6.45, 7) is 2.32. The minimum Gasteiger partial charge on any atom is -0.508 e. The molecule has 0 spiro atoms. The number of aromatic hydroxyl groups is 2. The van der Waals surface area contributed by atoms with E-state index >= 15 is 0 Å². The van der Waals surface area contributed by atoms with Crippen molar-refractivity contribution in [3.05, 3.63) is 23.8 Å². The number of hydrogen-bond acceptors (Lipinski definition) is 4. The van der Waals surface area contributed by atoms with Crippen LogP contribution in [0, 0.1) is 0 Å². The first kappa shape index (κ1) is 18.0. The Morgan fingerprint density at radius 1 is 1.17 bits per heavy atom. The molecule has 0 bridgehead atoms. The van der Waals surface area contributed by atoms with E-state index in [-0.39, 0.29) is 23.5 Å². The van der Waals surface area contributed by atoms with E-state index in [1.807, 2.05) is 6.92 Å². The highest BCUT2D eigenvalue weighted by Crippen LogP contribution is 2.39. The summed E-state index contributed by atoms with van der Waals surface area (Å²) < 4.78 is 33.8. The fourth-order valence-corrected chi connectivity index (χ4v) is 4.30. The average molecular weight is 343 g/mol. The van der Waals surface area contributed by atoms with Crippen LogP contribution in [-0.2, 0) is 10.3 Å². The van der Waals surface area contributed by atoms with Gasteiger partial charge in [0.1, 0.15) is 11.5 Å². The summed E-state index contributed by atoms with van der Waals surface area (Å²) in [4.78, 5) is 0. The lowest BCUT2D eigenvalue weighted by atomic mass is 9.81. The van der Waals surface area contributed by atoms with Crippen LogP contribution in [0.4, 0.5) is 0 Å². The van der Waals surface area contributed by atoms with E-state index in [1.54, 1.807) is 12.1 Å². The van der Waals surface area contributed by atoms with Crippen LogP contribution in [0.5, 0.6) is 11.5 Å². The lowest BCUT2D eigenvalue weighted by molar-refractivity contribution is 0.218. The molecule has 6 nitrogen and oxygen atoms in total. The molecule has 2 rings (SSSR count). The molecule has 0 radical (unpaired) electrons. The molecule has 0 heterocycles. The van der Waals surface area contributed by atoms with E-state index in [2.05, 4.69) is 0 Å². The molecule has 0 atom stereocenters. The third-order valence-corrected chi connectivity index (χ3v) is 5.66. The summed E-state index contributed by atoms with van der Waals surface area (Å²) in [5, 5.41) is 19.3. The largest absolute Gasteiger partial charge is 0.508 e. The van der Waals surface area contributed by atoms with Crippen LogP contribution in [-0.4, -0.2) is 40.1 Å². The van der Waals surface area contributed by atoms with Gasteiger partial charge >= 0.3 is 10.3 Å². The summed E-state index contributed by atoms with van der Waals surface area (Å²) in [6, 6.07) is 4.40. The van der Waals surface area contributed by atoms with E-state index in [0.29, 0.717) is 19.4 Å². The predicted molar refractivity (Wildman–Crippen MR) is 87.9 cm³/mol. The molecule has 1 aromatic rings. The number of benzene rings is 1. The summed E-state index contributed by atoms with van der Waals surface area (Å²) in [5.41, 5.74) is 0.785. The first-order valence-corrected chi connectivity index (χ1v) is 9.48. The van der Waals surface area contributed by atoms with Gasteiger partial charge in [-0.05, 0) is 49.7 Å². The van der Waals surface area contributed by atoms with Crippen molar-refractivity contribution in [2.75, 3.05) is 6.54 Å². The van der Waals surface area contributed by atoms with E-state index in [1.165, 1.54) is 10.4 Å². The van der Waals surface area contributed by atoms with Gasteiger partial charge in [-0.3, -0.25) is 4.55 Å². The van der Waals surface area contributed by atoms with Crippen LogP contribution in [0.2, 0.25) is 0 Å². The summed E-state index contributed by atoms with van der Waals surface area (Å²) >= 11 is 0. The van der Waals surface area contributed by atoms with Gasteiger partial charge < -0.3 is 10.2 Å². The molecule has 130 valence electrons. The van der Waals surface area contributed by atoms with E-state index in [9.17, 15) is 23.2 Å². The van der Waals surface area contributed by atoms with Crippen LogP contribution < -0.4 is 0 Å². The van der Waals surface area contributed by atoms with Crippen molar-refractivity contribution in [1.29, 1.82) is 0 Å². The van der Waals surface area contributed by atoms with Crippen molar-refractivity contribution in [1.82, 2.24) is 4.31 Å². The normalized spacial score (nSPS) is 22.4. The molecule has 1 saturated carbocycles. The van der Waals surface area contributed by atoms with Crippen LogP contribution in [0.25, 0.3) is 0 Å². The molecular weight excluding hydrogens is 318 g/mol. The Morgan fingerprint density at radius 3 is 2.35 bits per heavy atom. The Kier molecular flexibility index (Phi) is 5.89. The molecule has 0 aromatic heterocycles. The van der Waals surface area contributed by atoms with Crippen molar-refractivity contribution in [3.8, 4) is 11.5 Å². The fourth-order valence-electron chi connectivity index (χ4n) is 3.35. The maximum Gasteiger partial charge on any atom is 0.336 e. The Bertz CT molecular complexity index is 623. The molecule has 1 aromatic carbocycles. The minimum absolute atomic E-state index is 0.0250. The number of nitrogens with zero attached hydrogens (tertiary/aromatic N) is 1. The molecule has 0 amide bonds. The zero-order valence-electron chi connectivity index (χ0n) is 13.4. The van der Waals surface area contributed by atoms with Crippen LogP contribution >= 0.6 is 0 Å². The van der Waals surface area contributed by atoms with Gasteiger partial charge in [0.05, 0.1) is 0 Å². The molecule has 0 saturated heterocycles. The highest BCUT2D eigenvalue weighted by Gasteiger charge is 2.32. The SMILES string of the molecule is CCCCN(C1CCC(c2ccc(O)cc2O)CC1)S(=O)(=O)O. The number of phenolic OH excluding ortho intramolecular Hbond substituents is 2. The second-order valence-corrected chi connectivity index (χ2v) is 7.56. The van der Waals surface area contributed by atoms with Crippen LogP contribution in [0.15, 0.2) is 18.2 Å². The molecule has 23 heavy (non-hydrogen) atoms. The lowest BCUT2D eigenvalue weighted by Gasteiger charge is -2.35. The molecule has 1 aliphatic carbocycles. The van der Waals surface area contributed by atoms with Gasteiger partial charge in [-0.1, -0.05) is 19.4 Å². The molecular formula is C16H25NO5S. The van der Waals surface area contributed by atoms with E-state index in [0.717, 1.165) is 31.2 Å². The van der Waals surface area contributed by atoms with Crippen molar-refractivity contribution < 1.29 is 23.2 Å². The molecule has 7 heteroatoms. The van der Waals surface area contributed by atoms with Crippen LogP contribution in [0.3, 0.4) is 0 Å². The lowest BCUT2D eigenvalue weighted by Crippen LogP contribution is -2.42. The number of phenols is 2. The minimum atomic E-state index is -4.18. The Labute approximate surface area is 137 Å². The monoisotopic (exact) mass is 343 g/mol. The maximum atomic E-state index is 11.6. The first-order chi connectivity index (χ1) is 10.8. The zero-order valence-corrected chi connectivity index (χ0v) is 14.2. The van der Waals surface area contributed by atoms with E-state index in [4.69, 9.17) is 0 Å². The van der Waals surface area contributed by atoms with Crippen molar-refractivity contribution in [3.63, 3.8) is 0 Å². The summed E-state index contributed by atoms with van der Waals surface area (Å²) in [7, 11) is -4.18. The average Bonchev–Trinajstić information content (AvgIpc) is 2.47. The van der Waals surface area contributed by atoms with Crippen molar-refractivity contribution in [2.45, 2.75) is 57.4 Å². The molecule has 0 aliphatic heterocycles. The van der Waals surface area contributed by atoms with Gasteiger partial charge in [0, 0.05) is 18.7 Å². The number of unbranched alkanes of at least 4 members (excludes halogenated alkanes) is 1. The Balaban J connectivity index is 2.04. The quantitative estimate of drug-likeness (QED) is 0.690. The van der Waals surface area contributed by atoms with Gasteiger partial charge in [-0.2, -0.15) is 12.7 Å².